The first-order valence-corrected chi connectivity index (χ1v) is 5.22. The lowest BCUT2D eigenvalue weighted by Gasteiger charge is -2.27. The van der Waals surface area contributed by atoms with Crippen LogP contribution in [0.3, 0.4) is 0 Å². The Morgan fingerprint density at radius 3 is 2.43 bits per heavy atom. The fourth-order valence-electron chi connectivity index (χ4n) is 1.27. The van der Waals surface area contributed by atoms with Crippen LogP contribution in [-0.4, -0.2) is 37.6 Å². The predicted molar refractivity (Wildman–Crippen MR) is 60.0 cm³/mol. The van der Waals surface area contributed by atoms with Crippen LogP contribution in [0.25, 0.3) is 0 Å². The molecule has 0 aliphatic carbocycles. The van der Waals surface area contributed by atoms with E-state index in [9.17, 15) is 0 Å². The Kier molecular flexibility index (Phi) is 5.75. The molecule has 0 heterocycles. The summed E-state index contributed by atoms with van der Waals surface area (Å²) in [5.74, 6) is 0.723. The summed E-state index contributed by atoms with van der Waals surface area (Å²) in [5, 5.41) is 12.0. The summed E-state index contributed by atoms with van der Waals surface area (Å²) < 4.78 is 0. The maximum atomic E-state index is 8.97. The lowest BCUT2D eigenvalue weighted by atomic mass is 10.0. The molecule has 0 saturated heterocycles. The van der Waals surface area contributed by atoms with Crippen molar-refractivity contribution in [1.29, 1.82) is 5.26 Å². The molecule has 82 valence electrons. The molecule has 3 heteroatoms. The van der Waals surface area contributed by atoms with Crippen LogP contribution in [0, 0.1) is 17.2 Å². The maximum Gasteiger partial charge on any atom is 0.116 e. The summed E-state index contributed by atoms with van der Waals surface area (Å²) in [4.78, 5) is 2.21. The minimum atomic E-state index is -0.425. The van der Waals surface area contributed by atoms with Crippen molar-refractivity contribution < 1.29 is 0 Å². The zero-order chi connectivity index (χ0) is 11.2. The van der Waals surface area contributed by atoms with Crippen LogP contribution in [0.15, 0.2) is 0 Å². The number of nitrogens with zero attached hydrogens (tertiary/aromatic N) is 2. The van der Waals surface area contributed by atoms with Gasteiger partial charge in [-0.15, -0.1) is 0 Å². The molecule has 0 aromatic rings. The summed E-state index contributed by atoms with van der Waals surface area (Å²) in [7, 11) is 3.90. The lowest BCUT2D eigenvalue weighted by Crippen LogP contribution is -2.48. The van der Waals surface area contributed by atoms with E-state index in [2.05, 4.69) is 37.2 Å². The van der Waals surface area contributed by atoms with Crippen molar-refractivity contribution in [1.82, 2.24) is 10.2 Å². The van der Waals surface area contributed by atoms with Gasteiger partial charge in [0.15, 0.2) is 0 Å². The van der Waals surface area contributed by atoms with Crippen molar-refractivity contribution in [3.05, 3.63) is 0 Å². The molecule has 0 saturated carbocycles. The normalized spacial score (nSPS) is 15.6. The van der Waals surface area contributed by atoms with Gasteiger partial charge in [0.25, 0.3) is 0 Å². The monoisotopic (exact) mass is 197 g/mol. The highest BCUT2D eigenvalue weighted by atomic mass is 15.1. The average molecular weight is 197 g/mol. The summed E-state index contributed by atoms with van der Waals surface area (Å²) in [6.45, 7) is 8.19. The molecule has 1 unspecified atom stereocenters. The first-order chi connectivity index (χ1) is 6.43. The van der Waals surface area contributed by atoms with Crippen LogP contribution in [-0.2, 0) is 0 Å². The Balaban J connectivity index is 3.93. The van der Waals surface area contributed by atoms with Gasteiger partial charge in [0.1, 0.15) is 5.54 Å². The average Bonchev–Trinajstić information content (AvgIpc) is 2.14. The van der Waals surface area contributed by atoms with Crippen LogP contribution >= 0.6 is 0 Å². The highest BCUT2D eigenvalue weighted by molar-refractivity contribution is 5.04. The van der Waals surface area contributed by atoms with E-state index in [4.69, 9.17) is 5.26 Å². The van der Waals surface area contributed by atoms with Gasteiger partial charge in [-0.2, -0.15) is 5.26 Å². The summed E-state index contributed by atoms with van der Waals surface area (Å²) in [6.07, 6.45) is 1.18. The van der Waals surface area contributed by atoms with Gasteiger partial charge in [-0.1, -0.05) is 13.8 Å². The van der Waals surface area contributed by atoms with Crippen LogP contribution in [0.5, 0.6) is 0 Å². The standard InChI is InChI=1S/C11H23N3/c1-10(2)6-7-14(5)9-11(3,8-12)13-4/h10,13H,6-7,9H2,1-5H3. The first kappa shape index (κ1) is 13.4. The third-order valence-corrected chi connectivity index (χ3v) is 2.47. The van der Waals surface area contributed by atoms with E-state index in [1.807, 2.05) is 14.0 Å². The number of likely N-dealkylation sites (N-methyl/N-ethyl adjacent to an activating group) is 2. The largest absolute Gasteiger partial charge is 0.303 e. The lowest BCUT2D eigenvalue weighted by molar-refractivity contribution is 0.255. The number of hydrogen-bond donors (Lipinski definition) is 1. The molecule has 0 aliphatic heterocycles. The number of rotatable bonds is 6. The van der Waals surface area contributed by atoms with Crippen LogP contribution < -0.4 is 5.32 Å². The van der Waals surface area contributed by atoms with E-state index in [1.165, 1.54) is 6.42 Å². The zero-order valence-electron chi connectivity index (χ0n) is 10.1. The topological polar surface area (TPSA) is 39.1 Å². The van der Waals surface area contributed by atoms with Crippen molar-refractivity contribution in [3.8, 4) is 6.07 Å². The van der Waals surface area contributed by atoms with Gasteiger partial charge in [-0.05, 0) is 39.9 Å². The molecule has 1 N–H and O–H groups in total. The van der Waals surface area contributed by atoms with Gasteiger partial charge in [-0.3, -0.25) is 0 Å². The molecule has 0 radical (unpaired) electrons. The van der Waals surface area contributed by atoms with Crippen molar-refractivity contribution in [2.45, 2.75) is 32.7 Å². The number of hydrogen-bond acceptors (Lipinski definition) is 3. The summed E-state index contributed by atoms with van der Waals surface area (Å²) in [5.41, 5.74) is -0.425. The Morgan fingerprint density at radius 2 is 2.07 bits per heavy atom. The zero-order valence-corrected chi connectivity index (χ0v) is 10.1. The predicted octanol–water partition coefficient (Wildman–Crippen LogP) is 1.47. The Hall–Kier alpha value is -0.590. The second-order valence-electron chi connectivity index (χ2n) is 4.61. The van der Waals surface area contributed by atoms with E-state index in [1.54, 1.807) is 0 Å². The maximum absolute atomic E-state index is 8.97. The van der Waals surface area contributed by atoms with Gasteiger partial charge >= 0.3 is 0 Å². The van der Waals surface area contributed by atoms with E-state index in [-0.39, 0.29) is 0 Å². The minimum Gasteiger partial charge on any atom is -0.303 e. The molecule has 0 amide bonds. The van der Waals surface area contributed by atoms with Gasteiger partial charge in [0.2, 0.25) is 0 Å². The fraction of sp³-hybridized carbons (Fsp3) is 0.909. The smallest absolute Gasteiger partial charge is 0.116 e. The molecule has 1 atom stereocenters. The van der Waals surface area contributed by atoms with Gasteiger partial charge < -0.3 is 10.2 Å². The van der Waals surface area contributed by atoms with Gasteiger partial charge in [-0.25, -0.2) is 0 Å². The molecule has 0 aromatic carbocycles. The molecule has 0 rings (SSSR count). The minimum absolute atomic E-state index is 0.425. The van der Waals surface area contributed by atoms with Crippen molar-refractivity contribution in [2.24, 2.45) is 5.92 Å². The molecule has 0 aromatic heterocycles. The second kappa shape index (κ2) is 6.00. The Labute approximate surface area is 88.1 Å². The number of nitriles is 1. The van der Waals surface area contributed by atoms with E-state index >= 15 is 0 Å². The van der Waals surface area contributed by atoms with Crippen molar-refractivity contribution >= 4 is 0 Å². The highest BCUT2D eigenvalue weighted by Crippen LogP contribution is 2.06. The van der Waals surface area contributed by atoms with E-state index < -0.39 is 5.54 Å². The third-order valence-electron chi connectivity index (χ3n) is 2.47. The van der Waals surface area contributed by atoms with Crippen LogP contribution in [0.4, 0.5) is 0 Å². The van der Waals surface area contributed by atoms with Gasteiger partial charge in [0, 0.05) is 6.54 Å². The highest BCUT2D eigenvalue weighted by Gasteiger charge is 2.22. The molecule has 3 nitrogen and oxygen atoms in total. The number of nitrogens with one attached hydrogen (secondary N) is 1. The third kappa shape index (κ3) is 5.21. The molecule has 14 heavy (non-hydrogen) atoms. The van der Waals surface area contributed by atoms with E-state index in [0.29, 0.717) is 0 Å². The summed E-state index contributed by atoms with van der Waals surface area (Å²) in [6, 6.07) is 2.29. The first-order valence-electron chi connectivity index (χ1n) is 5.22. The molecule has 0 aliphatic rings. The van der Waals surface area contributed by atoms with Gasteiger partial charge in [0.05, 0.1) is 6.07 Å². The fourth-order valence-corrected chi connectivity index (χ4v) is 1.27. The molecule has 0 spiro atoms. The van der Waals surface area contributed by atoms with Crippen molar-refractivity contribution in [3.63, 3.8) is 0 Å². The molecular formula is C11H23N3. The van der Waals surface area contributed by atoms with E-state index in [0.717, 1.165) is 19.0 Å². The van der Waals surface area contributed by atoms with Crippen molar-refractivity contribution in [2.75, 3.05) is 27.2 Å². The molecule has 0 bridgehead atoms. The SMILES string of the molecule is CNC(C)(C#N)CN(C)CCC(C)C. The van der Waals surface area contributed by atoms with Crippen LogP contribution in [0.1, 0.15) is 27.2 Å². The second-order valence-corrected chi connectivity index (χ2v) is 4.61. The Bertz CT molecular complexity index is 195. The van der Waals surface area contributed by atoms with Crippen LogP contribution in [0.2, 0.25) is 0 Å². The quantitative estimate of drug-likeness (QED) is 0.701. The molecular weight excluding hydrogens is 174 g/mol. The summed E-state index contributed by atoms with van der Waals surface area (Å²) >= 11 is 0. The molecule has 0 fully saturated rings. The Morgan fingerprint density at radius 1 is 1.50 bits per heavy atom.